The first-order valence-corrected chi connectivity index (χ1v) is 5.25. The normalized spacial score (nSPS) is 26.5. The quantitative estimate of drug-likeness (QED) is 0.752. The van der Waals surface area contributed by atoms with Crippen LogP contribution in [0.1, 0.15) is 19.8 Å². The van der Waals surface area contributed by atoms with E-state index in [1.807, 2.05) is 0 Å². The fourth-order valence-electron chi connectivity index (χ4n) is 1.83. The molecule has 5 heteroatoms. The van der Waals surface area contributed by atoms with Crippen LogP contribution in [0, 0.1) is 0 Å². The second kappa shape index (κ2) is 5.32. The highest BCUT2D eigenvalue weighted by Crippen LogP contribution is 2.24. The minimum atomic E-state index is -0.606. The number of piperidine rings is 1. The molecule has 1 aliphatic rings. The molecule has 1 amide bonds. The number of likely N-dealkylation sites (tertiary alicyclic amines) is 1. The summed E-state index contributed by atoms with van der Waals surface area (Å²) in [6.07, 6.45) is 1.27. The molecule has 88 valence electrons. The topological polar surface area (TPSA) is 59.0 Å². The Morgan fingerprint density at radius 3 is 2.87 bits per heavy atom. The number of rotatable bonds is 3. The summed E-state index contributed by atoms with van der Waals surface area (Å²) < 4.78 is 10.2. The number of amides is 1. The number of aliphatic hydroxyl groups is 1. The number of ether oxygens (including phenoxy) is 2. The summed E-state index contributed by atoms with van der Waals surface area (Å²) in [6, 6.07) is 0. The lowest BCUT2D eigenvalue weighted by atomic mass is 9.94. The van der Waals surface area contributed by atoms with Crippen LogP contribution in [0.3, 0.4) is 0 Å². The number of carbonyl (C=O) groups is 1. The summed E-state index contributed by atoms with van der Waals surface area (Å²) >= 11 is 0. The van der Waals surface area contributed by atoms with Gasteiger partial charge in [-0.3, -0.25) is 0 Å². The maximum absolute atomic E-state index is 11.5. The lowest BCUT2D eigenvalue weighted by Gasteiger charge is -2.39. The summed E-state index contributed by atoms with van der Waals surface area (Å²) in [4.78, 5) is 13.1. The van der Waals surface area contributed by atoms with Crippen LogP contribution in [0.15, 0.2) is 0 Å². The van der Waals surface area contributed by atoms with E-state index >= 15 is 0 Å². The molecule has 0 bridgehead atoms. The Morgan fingerprint density at radius 2 is 2.33 bits per heavy atom. The van der Waals surface area contributed by atoms with Gasteiger partial charge in [0.2, 0.25) is 0 Å². The maximum atomic E-state index is 11.5. The van der Waals surface area contributed by atoms with Gasteiger partial charge in [0.25, 0.3) is 0 Å². The molecule has 0 aromatic carbocycles. The molecule has 1 rings (SSSR count). The highest BCUT2D eigenvalue weighted by Gasteiger charge is 2.37. The minimum Gasteiger partial charge on any atom is -0.450 e. The van der Waals surface area contributed by atoms with Crippen LogP contribution in [-0.2, 0) is 9.47 Å². The van der Waals surface area contributed by atoms with Gasteiger partial charge in [0.1, 0.15) is 5.60 Å². The van der Waals surface area contributed by atoms with E-state index in [0.29, 0.717) is 19.7 Å². The number of aliphatic hydroxyl groups excluding tert-OH is 1. The van der Waals surface area contributed by atoms with Crippen LogP contribution in [0.25, 0.3) is 0 Å². The van der Waals surface area contributed by atoms with Crippen molar-refractivity contribution >= 4 is 6.09 Å². The summed E-state index contributed by atoms with van der Waals surface area (Å²) in [5.74, 6) is 0. The van der Waals surface area contributed by atoms with Crippen molar-refractivity contribution in [3.63, 3.8) is 0 Å². The van der Waals surface area contributed by atoms with E-state index in [2.05, 4.69) is 0 Å². The number of hydrogen-bond acceptors (Lipinski definition) is 4. The van der Waals surface area contributed by atoms with Crippen molar-refractivity contribution < 1.29 is 19.4 Å². The van der Waals surface area contributed by atoms with E-state index in [1.165, 1.54) is 0 Å². The predicted molar refractivity (Wildman–Crippen MR) is 54.7 cm³/mol. The van der Waals surface area contributed by atoms with Crippen molar-refractivity contribution in [1.29, 1.82) is 0 Å². The lowest BCUT2D eigenvalue weighted by molar-refractivity contribution is -0.0912. The summed E-state index contributed by atoms with van der Waals surface area (Å²) in [7, 11) is 1.56. The molecule has 0 radical (unpaired) electrons. The van der Waals surface area contributed by atoms with Crippen molar-refractivity contribution in [2.45, 2.75) is 25.4 Å². The molecule has 0 aromatic heterocycles. The van der Waals surface area contributed by atoms with Gasteiger partial charge in [-0.05, 0) is 19.8 Å². The van der Waals surface area contributed by atoms with Gasteiger partial charge in [0.15, 0.2) is 0 Å². The van der Waals surface area contributed by atoms with E-state index in [0.717, 1.165) is 12.8 Å². The summed E-state index contributed by atoms with van der Waals surface area (Å²) in [5, 5.41) is 9.27. The Hall–Kier alpha value is -0.810. The second-order valence-electron chi connectivity index (χ2n) is 3.77. The summed E-state index contributed by atoms with van der Waals surface area (Å²) in [6.45, 7) is 3.15. The third-order valence-corrected chi connectivity index (χ3v) is 2.79. The third-order valence-electron chi connectivity index (χ3n) is 2.79. The predicted octanol–water partition coefficient (Wildman–Crippen LogP) is 0.616. The first kappa shape index (κ1) is 12.3. The molecule has 1 unspecified atom stereocenters. The average molecular weight is 217 g/mol. The van der Waals surface area contributed by atoms with Gasteiger partial charge in [-0.1, -0.05) is 0 Å². The highest BCUT2D eigenvalue weighted by atomic mass is 16.6. The molecule has 1 atom stereocenters. The maximum Gasteiger partial charge on any atom is 0.409 e. The fourth-order valence-corrected chi connectivity index (χ4v) is 1.83. The van der Waals surface area contributed by atoms with Crippen LogP contribution in [0.2, 0.25) is 0 Å². The molecule has 1 aliphatic heterocycles. The SMILES string of the molecule is CCOC(=O)N1CCCC(CO)(OC)C1. The number of hydrogen-bond donors (Lipinski definition) is 1. The van der Waals surface area contributed by atoms with Gasteiger partial charge in [0.05, 0.1) is 19.8 Å². The van der Waals surface area contributed by atoms with Gasteiger partial charge in [0, 0.05) is 13.7 Å². The Balaban J connectivity index is 2.58. The standard InChI is InChI=1S/C10H19NO4/c1-3-15-9(13)11-6-4-5-10(7-11,8-12)14-2/h12H,3-8H2,1-2H3. The second-order valence-corrected chi connectivity index (χ2v) is 3.77. The molecule has 1 N–H and O–H groups in total. The Labute approximate surface area is 90.0 Å². The molecular weight excluding hydrogens is 198 g/mol. The zero-order valence-corrected chi connectivity index (χ0v) is 9.36. The van der Waals surface area contributed by atoms with Crippen molar-refractivity contribution in [1.82, 2.24) is 4.90 Å². The minimum absolute atomic E-state index is 0.0700. The summed E-state index contributed by atoms with van der Waals surface area (Å²) in [5.41, 5.74) is -0.606. The van der Waals surface area contributed by atoms with Crippen LogP contribution in [-0.4, -0.2) is 55.1 Å². The lowest BCUT2D eigenvalue weighted by Crippen LogP contribution is -2.53. The third kappa shape index (κ3) is 2.82. The monoisotopic (exact) mass is 217 g/mol. The van der Waals surface area contributed by atoms with Crippen molar-refractivity contribution in [3.8, 4) is 0 Å². The van der Waals surface area contributed by atoms with Crippen molar-refractivity contribution in [3.05, 3.63) is 0 Å². The zero-order valence-electron chi connectivity index (χ0n) is 9.36. The molecule has 1 saturated heterocycles. The van der Waals surface area contributed by atoms with Gasteiger partial charge in [-0.25, -0.2) is 4.79 Å². The van der Waals surface area contributed by atoms with Crippen molar-refractivity contribution in [2.75, 3.05) is 33.4 Å². The molecule has 0 saturated carbocycles. The molecule has 15 heavy (non-hydrogen) atoms. The molecule has 1 fully saturated rings. The molecule has 0 aromatic rings. The van der Waals surface area contributed by atoms with E-state index in [1.54, 1.807) is 18.9 Å². The highest BCUT2D eigenvalue weighted by molar-refractivity contribution is 5.67. The van der Waals surface area contributed by atoms with Crippen LogP contribution < -0.4 is 0 Å². The Morgan fingerprint density at radius 1 is 1.60 bits per heavy atom. The Bertz CT molecular complexity index is 215. The van der Waals surface area contributed by atoms with Gasteiger partial charge < -0.3 is 19.5 Å². The fraction of sp³-hybridized carbons (Fsp3) is 0.900. The van der Waals surface area contributed by atoms with Gasteiger partial charge in [-0.2, -0.15) is 0 Å². The molecule has 1 heterocycles. The van der Waals surface area contributed by atoms with Crippen LogP contribution in [0.5, 0.6) is 0 Å². The van der Waals surface area contributed by atoms with Crippen molar-refractivity contribution in [2.24, 2.45) is 0 Å². The smallest absolute Gasteiger partial charge is 0.409 e. The molecule has 5 nitrogen and oxygen atoms in total. The van der Waals surface area contributed by atoms with E-state index in [4.69, 9.17) is 9.47 Å². The molecular formula is C10H19NO4. The zero-order chi connectivity index (χ0) is 11.3. The Kier molecular flexibility index (Phi) is 4.35. The number of nitrogens with zero attached hydrogens (tertiary/aromatic N) is 1. The largest absolute Gasteiger partial charge is 0.450 e. The molecule has 0 aliphatic carbocycles. The number of methoxy groups -OCH3 is 1. The van der Waals surface area contributed by atoms with Crippen LogP contribution in [0.4, 0.5) is 4.79 Å². The first-order valence-electron chi connectivity index (χ1n) is 5.25. The van der Waals surface area contributed by atoms with E-state index in [-0.39, 0.29) is 12.7 Å². The van der Waals surface area contributed by atoms with Crippen LogP contribution >= 0.6 is 0 Å². The van der Waals surface area contributed by atoms with Gasteiger partial charge in [-0.15, -0.1) is 0 Å². The molecule has 0 spiro atoms. The van der Waals surface area contributed by atoms with Gasteiger partial charge >= 0.3 is 6.09 Å². The van der Waals surface area contributed by atoms with E-state index < -0.39 is 5.60 Å². The number of carbonyl (C=O) groups excluding carboxylic acids is 1. The first-order chi connectivity index (χ1) is 7.17. The average Bonchev–Trinajstić information content (AvgIpc) is 2.29. The van der Waals surface area contributed by atoms with E-state index in [9.17, 15) is 9.90 Å².